The maximum atomic E-state index is 13.7. The lowest BCUT2D eigenvalue weighted by Crippen LogP contribution is -2.42. The molecule has 0 saturated carbocycles. The first-order valence-electron chi connectivity index (χ1n) is 11.9. The van der Waals surface area contributed by atoms with E-state index in [1.54, 1.807) is 37.4 Å². The number of hydrogen-bond acceptors (Lipinski definition) is 6. The average molecular weight is 527 g/mol. The summed E-state index contributed by atoms with van der Waals surface area (Å²) in [6.07, 6.45) is 0.624. The Morgan fingerprint density at radius 1 is 0.865 bits per heavy atom. The number of rotatable bonds is 11. The zero-order valence-electron chi connectivity index (χ0n) is 22.1. The Morgan fingerprint density at radius 2 is 1.49 bits per heavy atom. The van der Waals surface area contributed by atoms with Gasteiger partial charge in [-0.1, -0.05) is 36.8 Å². The summed E-state index contributed by atoms with van der Waals surface area (Å²) >= 11 is 0. The van der Waals surface area contributed by atoms with Gasteiger partial charge in [0.2, 0.25) is 5.91 Å². The lowest BCUT2D eigenvalue weighted by Gasteiger charge is -2.26. The third-order valence-electron chi connectivity index (χ3n) is 6.12. The zero-order valence-corrected chi connectivity index (χ0v) is 22.9. The summed E-state index contributed by atoms with van der Waals surface area (Å²) in [4.78, 5) is 13.4. The minimum Gasteiger partial charge on any atom is -0.496 e. The first-order valence-corrected chi connectivity index (χ1v) is 13.3. The van der Waals surface area contributed by atoms with Gasteiger partial charge in [-0.2, -0.15) is 0 Å². The second-order valence-corrected chi connectivity index (χ2v) is 10.5. The number of anilines is 1. The molecule has 0 radical (unpaired) electrons. The normalized spacial score (nSPS) is 11.9. The van der Waals surface area contributed by atoms with Crippen molar-refractivity contribution < 1.29 is 27.4 Å². The van der Waals surface area contributed by atoms with Gasteiger partial charge < -0.3 is 19.5 Å². The van der Waals surface area contributed by atoms with Crippen LogP contribution in [-0.2, 0) is 14.8 Å². The molecule has 37 heavy (non-hydrogen) atoms. The molecule has 3 aromatic carbocycles. The van der Waals surface area contributed by atoms with Gasteiger partial charge >= 0.3 is 0 Å². The summed E-state index contributed by atoms with van der Waals surface area (Å²) in [6.45, 7) is 5.35. The van der Waals surface area contributed by atoms with Crippen molar-refractivity contribution in [2.45, 2.75) is 38.1 Å². The predicted octanol–water partition coefficient (Wildman–Crippen LogP) is 4.79. The standard InChI is InChI=1S/C28H34N2O6S/c1-7-24(21-10-14-25(34-4)20(3)16-21)29-28(31)18-30(22-11-15-26(35-5)27(17-22)36-6)37(32,33)23-12-8-19(2)9-13-23/h8-17,24H,7,18H2,1-6H3,(H,29,31). The predicted molar refractivity (Wildman–Crippen MR) is 144 cm³/mol. The molecule has 3 rings (SSSR count). The van der Waals surface area contributed by atoms with Crippen LogP contribution in [0.25, 0.3) is 0 Å². The first kappa shape index (κ1) is 27.9. The van der Waals surface area contributed by atoms with Crippen molar-refractivity contribution in [2.24, 2.45) is 0 Å². The van der Waals surface area contributed by atoms with E-state index in [9.17, 15) is 13.2 Å². The minimum atomic E-state index is -4.07. The number of amides is 1. The molecule has 1 N–H and O–H groups in total. The fourth-order valence-corrected chi connectivity index (χ4v) is 5.46. The van der Waals surface area contributed by atoms with Crippen molar-refractivity contribution in [3.8, 4) is 17.2 Å². The van der Waals surface area contributed by atoms with Crippen LogP contribution < -0.4 is 23.8 Å². The van der Waals surface area contributed by atoms with Crippen molar-refractivity contribution in [3.05, 3.63) is 77.4 Å². The SMILES string of the molecule is CCC(NC(=O)CN(c1ccc(OC)c(OC)c1)S(=O)(=O)c1ccc(C)cc1)c1ccc(OC)c(C)c1. The van der Waals surface area contributed by atoms with Crippen molar-refractivity contribution in [1.82, 2.24) is 5.32 Å². The van der Waals surface area contributed by atoms with Crippen molar-refractivity contribution in [2.75, 3.05) is 32.2 Å². The molecule has 1 atom stereocenters. The van der Waals surface area contributed by atoms with Crippen molar-refractivity contribution in [1.29, 1.82) is 0 Å². The number of nitrogens with zero attached hydrogens (tertiary/aromatic N) is 1. The summed E-state index contributed by atoms with van der Waals surface area (Å²) in [5.74, 6) is 1.12. The van der Waals surface area contributed by atoms with E-state index in [1.807, 2.05) is 39.0 Å². The van der Waals surface area contributed by atoms with Crippen LogP contribution in [0.3, 0.4) is 0 Å². The monoisotopic (exact) mass is 526 g/mol. The molecular formula is C28H34N2O6S. The van der Waals surface area contributed by atoms with E-state index in [1.165, 1.54) is 26.4 Å². The molecule has 0 aliphatic heterocycles. The second-order valence-electron chi connectivity index (χ2n) is 8.62. The maximum Gasteiger partial charge on any atom is 0.264 e. The number of methoxy groups -OCH3 is 3. The van der Waals surface area contributed by atoms with Crippen LogP contribution in [0.15, 0.2) is 65.6 Å². The van der Waals surface area contributed by atoms with Crippen LogP contribution in [0.5, 0.6) is 17.2 Å². The highest BCUT2D eigenvalue weighted by atomic mass is 32.2. The van der Waals surface area contributed by atoms with Gasteiger partial charge in [0.15, 0.2) is 11.5 Å². The Kier molecular flexibility index (Phi) is 9.04. The van der Waals surface area contributed by atoms with E-state index in [4.69, 9.17) is 14.2 Å². The van der Waals surface area contributed by atoms with Crippen molar-refractivity contribution in [3.63, 3.8) is 0 Å². The zero-order chi connectivity index (χ0) is 27.2. The van der Waals surface area contributed by atoms with E-state index in [2.05, 4.69) is 5.32 Å². The van der Waals surface area contributed by atoms with Crippen LogP contribution in [-0.4, -0.2) is 42.2 Å². The van der Waals surface area contributed by atoms with Gasteiger partial charge in [0.25, 0.3) is 10.0 Å². The minimum absolute atomic E-state index is 0.0819. The molecule has 8 nitrogen and oxygen atoms in total. The first-order chi connectivity index (χ1) is 17.6. The fraction of sp³-hybridized carbons (Fsp3) is 0.321. The molecule has 1 unspecified atom stereocenters. The Bertz CT molecular complexity index is 1340. The van der Waals surface area contributed by atoms with E-state index < -0.39 is 22.5 Å². The fourth-order valence-electron chi connectivity index (χ4n) is 4.04. The van der Waals surface area contributed by atoms with Gasteiger partial charge in [0, 0.05) is 6.07 Å². The lowest BCUT2D eigenvalue weighted by atomic mass is 10.0. The van der Waals surface area contributed by atoms with E-state index in [-0.39, 0.29) is 16.6 Å². The number of sulfonamides is 1. The Balaban J connectivity index is 1.97. The van der Waals surface area contributed by atoms with Gasteiger partial charge in [0.05, 0.1) is 38.0 Å². The van der Waals surface area contributed by atoms with E-state index >= 15 is 0 Å². The molecule has 0 saturated heterocycles. The summed E-state index contributed by atoms with van der Waals surface area (Å²) in [7, 11) is 0.501. The van der Waals surface area contributed by atoms with Gasteiger partial charge in [-0.25, -0.2) is 8.42 Å². The van der Waals surface area contributed by atoms with Crippen molar-refractivity contribution >= 4 is 21.6 Å². The third-order valence-corrected chi connectivity index (χ3v) is 7.90. The number of nitrogens with one attached hydrogen (secondary N) is 1. The van der Waals surface area contributed by atoms with Gasteiger partial charge in [-0.15, -0.1) is 0 Å². The topological polar surface area (TPSA) is 94.2 Å². The summed E-state index contributed by atoms with van der Waals surface area (Å²) in [5, 5.41) is 2.99. The molecule has 0 bridgehead atoms. The average Bonchev–Trinajstić information content (AvgIpc) is 2.90. The molecule has 1 amide bonds. The molecule has 0 aromatic heterocycles. The molecule has 9 heteroatoms. The van der Waals surface area contributed by atoms with Crippen LogP contribution in [0.4, 0.5) is 5.69 Å². The molecule has 0 aliphatic rings. The lowest BCUT2D eigenvalue weighted by molar-refractivity contribution is -0.120. The largest absolute Gasteiger partial charge is 0.496 e. The molecule has 0 spiro atoms. The molecule has 0 fully saturated rings. The Labute approximate surface area is 219 Å². The molecule has 3 aromatic rings. The highest BCUT2D eigenvalue weighted by molar-refractivity contribution is 7.92. The number of carbonyl (C=O) groups excluding carboxylic acids is 1. The van der Waals surface area contributed by atoms with Gasteiger partial charge in [-0.3, -0.25) is 9.10 Å². The van der Waals surface area contributed by atoms with Gasteiger partial charge in [-0.05, 0) is 61.7 Å². The van der Waals surface area contributed by atoms with Gasteiger partial charge in [0.1, 0.15) is 12.3 Å². The van der Waals surface area contributed by atoms with Crippen LogP contribution in [0, 0.1) is 13.8 Å². The molecule has 198 valence electrons. The highest BCUT2D eigenvalue weighted by Gasteiger charge is 2.29. The van der Waals surface area contributed by atoms with E-state index in [0.29, 0.717) is 17.9 Å². The smallest absolute Gasteiger partial charge is 0.264 e. The van der Waals surface area contributed by atoms with E-state index in [0.717, 1.165) is 26.7 Å². The quantitative estimate of drug-likeness (QED) is 0.386. The maximum absolute atomic E-state index is 13.7. The summed E-state index contributed by atoms with van der Waals surface area (Å²) in [6, 6.07) is 16.7. The Morgan fingerprint density at radius 3 is 2.05 bits per heavy atom. The number of aryl methyl sites for hydroxylation is 2. The Hall–Kier alpha value is -3.72. The van der Waals surface area contributed by atoms with Crippen LogP contribution in [0.2, 0.25) is 0 Å². The molecule has 0 aliphatic carbocycles. The number of hydrogen-bond donors (Lipinski definition) is 1. The highest BCUT2D eigenvalue weighted by Crippen LogP contribution is 2.34. The summed E-state index contributed by atoms with van der Waals surface area (Å²) in [5.41, 5.74) is 3.06. The van der Waals surface area contributed by atoms with Crippen LogP contribution >= 0.6 is 0 Å². The molecular weight excluding hydrogens is 492 g/mol. The summed E-state index contributed by atoms with van der Waals surface area (Å²) < 4.78 is 44.6. The molecule has 0 heterocycles. The third kappa shape index (κ3) is 6.35. The number of carbonyl (C=O) groups is 1. The second kappa shape index (κ2) is 12.0. The number of ether oxygens (including phenoxy) is 3. The number of benzene rings is 3. The van der Waals surface area contributed by atoms with Crippen LogP contribution in [0.1, 0.15) is 36.1 Å².